The minimum atomic E-state index is 0.692. The molecule has 5 heteroatoms. The van der Waals surface area contributed by atoms with E-state index in [1.807, 2.05) is 32.2 Å². The first-order valence-corrected chi connectivity index (χ1v) is 6.57. The molecule has 0 radical (unpaired) electrons. The van der Waals surface area contributed by atoms with E-state index < -0.39 is 0 Å². The summed E-state index contributed by atoms with van der Waals surface area (Å²) >= 11 is 7.78. The highest BCUT2D eigenvalue weighted by atomic mass is 35.5. The van der Waals surface area contributed by atoms with Gasteiger partial charge in [0, 0.05) is 17.7 Å². The minimum absolute atomic E-state index is 0.692. The molecule has 0 amide bonds. The monoisotopic (exact) mass is 268 g/mol. The number of halogens is 1. The number of nitrogens with zero attached hydrogens (tertiary/aromatic N) is 1. The Morgan fingerprint density at radius 1 is 1.41 bits per heavy atom. The van der Waals surface area contributed by atoms with E-state index in [9.17, 15) is 0 Å². The van der Waals surface area contributed by atoms with Crippen LogP contribution >= 0.6 is 23.4 Å². The number of anilines is 1. The first-order valence-electron chi connectivity index (χ1n) is 5.21. The highest BCUT2D eigenvalue weighted by Crippen LogP contribution is 2.29. The molecule has 0 spiro atoms. The highest BCUT2D eigenvalue weighted by molar-refractivity contribution is 7.98. The zero-order valence-electron chi connectivity index (χ0n) is 9.66. The van der Waals surface area contributed by atoms with Crippen molar-refractivity contribution in [2.24, 2.45) is 0 Å². The van der Waals surface area contributed by atoms with Gasteiger partial charge in [-0.3, -0.25) is 0 Å². The fourth-order valence-corrected chi connectivity index (χ4v) is 2.56. The zero-order chi connectivity index (χ0) is 12.3. The molecule has 3 nitrogen and oxygen atoms in total. The zero-order valence-corrected chi connectivity index (χ0v) is 11.2. The predicted octanol–water partition coefficient (Wildman–Crippen LogP) is 3.97. The van der Waals surface area contributed by atoms with Crippen LogP contribution in [0.25, 0.3) is 0 Å². The van der Waals surface area contributed by atoms with Gasteiger partial charge < -0.3 is 9.73 Å². The Morgan fingerprint density at radius 3 is 2.88 bits per heavy atom. The third-order valence-electron chi connectivity index (χ3n) is 2.35. The van der Waals surface area contributed by atoms with Crippen molar-refractivity contribution in [3.05, 3.63) is 40.9 Å². The SMILES string of the molecule is CNc1ccc(Cl)c(CSc2ccoc2C)n1. The Morgan fingerprint density at radius 2 is 2.24 bits per heavy atom. The summed E-state index contributed by atoms with van der Waals surface area (Å²) in [6.45, 7) is 1.95. The molecule has 0 fully saturated rings. The molecule has 2 heterocycles. The summed E-state index contributed by atoms with van der Waals surface area (Å²) in [7, 11) is 1.84. The Balaban J connectivity index is 2.11. The topological polar surface area (TPSA) is 38.1 Å². The molecule has 0 aliphatic carbocycles. The van der Waals surface area contributed by atoms with Gasteiger partial charge in [0.15, 0.2) is 0 Å². The number of hydrogen-bond donors (Lipinski definition) is 1. The molecule has 0 bridgehead atoms. The largest absolute Gasteiger partial charge is 0.468 e. The number of rotatable bonds is 4. The summed E-state index contributed by atoms with van der Waals surface area (Å²) in [6, 6.07) is 5.67. The molecule has 1 N–H and O–H groups in total. The van der Waals surface area contributed by atoms with E-state index in [2.05, 4.69) is 10.3 Å². The van der Waals surface area contributed by atoms with Crippen molar-refractivity contribution in [3.8, 4) is 0 Å². The summed E-state index contributed by atoms with van der Waals surface area (Å²) in [6.07, 6.45) is 1.69. The lowest BCUT2D eigenvalue weighted by Crippen LogP contribution is -1.96. The second-order valence-electron chi connectivity index (χ2n) is 3.50. The van der Waals surface area contributed by atoms with Gasteiger partial charge in [-0.1, -0.05) is 11.6 Å². The molecule has 0 unspecified atom stereocenters. The lowest BCUT2D eigenvalue weighted by Gasteiger charge is -2.05. The molecule has 0 aliphatic heterocycles. The van der Waals surface area contributed by atoms with Crippen LogP contribution in [-0.4, -0.2) is 12.0 Å². The Labute approximate surface area is 110 Å². The number of furan rings is 1. The maximum Gasteiger partial charge on any atom is 0.126 e. The average Bonchev–Trinajstić information content (AvgIpc) is 2.74. The van der Waals surface area contributed by atoms with Crippen LogP contribution in [0.15, 0.2) is 33.8 Å². The second-order valence-corrected chi connectivity index (χ2v) is 4.93. The van der Waals surface area contributed by atoms with Crippen LogP contribution in [0.3, 0.4) is 0 Å². The van der Waals surface area contributed by atoms with E-state index >= 15 is 0 Å². The summed E-state index contributed by atoms with van der Waals surface area (Å²) in [5.74, 6) is 2.49. The van der Waals surface area contributed by atoms with Crippen molar-refractivity contribution in [1.29, 1.82) is 0 Å². The van der Waals surface area contributed by atoms with Crippen LogP contribution in [-0.2, 0) is 5.75 Å². The van der Waals surface area contributed by atoms with Crippen LogP contribution < -0.4 is 5.32 Å². The fraction of sp³-hybridized carbons (Fsp3) is 0.250. The number of hydrogen-bond acceptors (Lipinski definition) is 4. The quantitative estimate of drug-likeness (QED) is 0.852. The average molecular weight is 269 g/mol. The smallest absolute Gasteiger partial charge is 0.126 e. The van der Waals surface area contributed by atoms with Crippen LogP contribution in [0.5, 0.6) is 0 Å². The third kappa shape index (κ3) is 2.96. The molecule has 0 saturated carbocycles. The van der Waals surface area contributed by atoms with Gasteiger partial charge in [0.2, 0.25) is 0 Å². The van der Waals surface area contributed by atoms with Crippen molar-refractivity contribution >= 4 is 29.2 Å². The molecule has 2 aromatic rings. The van der Waals surface area contributed by atoms with E-state index in [1.54, 1.807) is 18.0 Å². The van der Waals surface area contributed by atoms with Crippen LogP contribution in [0, 0.1) is 6.92 Å². The van der Waals surface area contributed by atoms with Gasteiger partial charge in [-0.25, -0.2) is 4.98 Å². The van der Waals surface area contributed by atoms with Gasteiger partial charge in [0.1, 0.15) is 11.6 Å². The predicted molar refractivity (Wildman–Crippen MR) is 71.8 cm³/mol. The summed E-state index contributed by atoms with van der Waals surface area (Å²) in [5, 5.41) is 3.69. The maximum absolute atomic E-state index is 6.11. The molecule has 0 aliphatic rings. The van der Waals surface area contributed by atoms with E-state index in [0.717, 1.165) is 27.9 Å². The Hall–Kier alpha value is -1.13. The van der Waals surface area contributed by atoms with Gasteiger partial charge in [-0.15, -0.1) is 11.8 Å². The molecular formula is C12H13ClN2OS. The standard InChI is InChI=1S/C12H13ClN2OS/c1-8-11(5-6-16-8)17-7-10-9(13)3-4-12(14-2)15-10/h3-6H,7H2,1-2H3,(H,14,15). The fourth-order valence-electron chi connectivity index (χ4n) is 1.39. The molecule has 0 saturated heterocycles. The highest BCUT2D eigenvalue weighted by Gasteiger charge is 2.07. The number of nitrogens with one attached hydrogen (secondary N) is 1. The molecule has 2 aromatic heterocycles. The van der Waals surface area contributed by atoms with Crippen molar-refractivity contribution in [3.63, 3.8) is 0 Å². The van der Waals surface area contributed by atoms with Crippen molar-refractivity contribution in [1.82, 2.24) is 4.98 Å². The summed E-state index contributed by atoms with van der Waals surface area (Å²) in [5.41, 5.74) is 0.879. The molecule has 0 atom stereocenters. The van der Waals surface area contributed by atoms with E-state index in [-0.39, 0.29) is 0 Å². The van der Waals surface area contributed by atoms with Crippen molar-refractivity contribution < 1.29 is 4.42 Å². The van der Waals surface area contributed by atoms with Crippen LogP contribution in [0.1, 0.15) is 11.5 Å². The number of thioether (sulfide) groups is 1. The Kier molecular flexibility index (Phi) is 3.97. The van der Waals surface area contributed by atoms with Crippen LogP contribution in [0.4, 0.5) is 5.82 Å². The molecular weight excluding hydrogens is 256 g/mol. The summed E-state index contributed by atoms with van der Waals surface area (Å²) in [4.78, 5) is 5.55. The minimum Gasteiger partial charge on any atom is -0.468 e. The Bertz CT molecular complexity index is 513. The molecule has 2 rings (SSSR count). The molecule has 0 aromatic carbocycles. The van der Waals surface area contributed by atoms with E-state index in [0.29, 0.717) is 5.02 Å². The molecule has 17 heavy (non-hydrogen) atoms. The van der Waals surface area contributed by atoms with Crippen molar-refractivity contribution in [2.45, 2.75) is 17.6 Å². The van der Waals surface area contributed by atoms with E-state index in [1.165, 1.54) is 0 Å². The van der Waals surface area contributed by atoms with Gasteiger partial charge in [0.05, 0.1) is 17.0 Å². The first kappa shape index (κ1) is 12.3. The van der Waals surface area contributed by atoms with Gasteiger partial charge in [-0.2, -0.15) is 0 Å². The van der Waals surface area contributed by atoms with Gasteiger partial charge in [-0.05, 0) is 25.1 Å². The third-order valence-corrected chi connectivity index (χ3v) is 3.85. The lowest BCUT2D eigenvalue weighted by atomic mass is 10.3. The lowest BCUT2D eigenvalue weighted by molar-refractivity contribution is 0.527. The van der Waals surface area contributed by atoms with Gasteiger partial charge >= 0.3 is 0 Å². The number of aromatic nitrogens is 1. The number of pyridine rings is 1. The maximum atomic E-state index is 6.11. The normalized spacial score (nSPS) is 10.5. The summed E-state index contributed by atoms with van der Waals surface area (Å²) < 4.78 is 5.24. The van der Waals surface area contributed by atoms with Crippen LogP contribution in [0.2, 0.25) is 5.02 Å². The van der Waals surface area contributed by atoms with Gasteiger partial charge in [0.25, 0.3) is 0 Å². The molecule has 90 valence electrons. The second kappa shape index (κ2) is 5.47. The number of aryl methyl sites for hydroxylation is 1. The van der Waals surface area contributed by atoms with E-state index in [4.69, 9.17) is 16.0 Å². The first-order chi connectivity index (χ1) is 8.20. The van der Waals surface area contributed by atoms with Crippen molar-refractivity contribution in [2.75, 3.05) is 12.4 Å².